The predicted octanol–water partition coefficient (Wildman–Crippen LogP) is 1.58. The van der Waals surface area contributed by atoms with Gasteiger partial charge in [0.25, 0.3) is 5.22 Å². The number of esters is 1. The molecule has 0 N–H and O–H groups in total. The third kappa shape index (κ3) is 3.34. The molecule has 0 saturated heterocycles. The summed E-state index contributed by atoms with van der Waals surface area (Å²) >= 11 is 1.35. The number of aryl methyl sites for hydroxylation is 2. The van der Waals surface area contributed by atoms with Crippen LogP contribution in [0.4, 0.5) is 0 Å². The number of rotatable bonds is 5. The summed E-state index contributed by atoms with van der Waals surface area (Å²) < 4.78 is 11.8. The molecule has 2 aromatic rings. The summed E-state index contributed by atoms with van der Waals surface area (Å²) in [5.41, 5.74) is 1.99. The molecule has 7 nitrogen and oxygen atoms in total. The number of carbonyl (C=O) groups excluding carboxylic acids is 1. The van der Waals surface area contributed by atoms with E-state index in [2.05, 4.69) is 15.3 Å². The van der Waals surface area contributed by atoms with Crippen molar-refractivity contribution in [2.75, 3.05) is 6.61 Å². The average molecular weight is 282 g/mol. The van der Waals surface area contributed by atoms with Crippen LogP contribution in [0, 0.1) is 6.92 Å². The summed E-state index contributed by atoms with van der Waals surface area (Å²) in [6.45, 7) is 3.92. The topological polar surface area (TPSA) is 83.0 Å². The molecule has 0 aliphatic rings. The molecular weight excluding hydrogens is 268 g/mol. The standard InChI is InChI=1S/C11H14N4O3S/c1-4-17-10(16)9-12-13-11(18-9)19-6-8-5-7(2)14-15(8)3/h5H,4,6H2,1-3H3. The van der Waals surface area contributed by atoms with Gasteiger partial charge < -0.3 is 9.15 Å². The first kappa shape index (κ1) is 13.6. The minimum atomic E-state index is -0.599. The number of hydrogen-bond acceptors (Lipinski definition) is 7. The van der Waals surface area contributed by atoms with Crippen LogP contribution in [0.15, 0.2) is 15.7 Å². The van der Waals surface area contributed by atoms with Gasteiger partial charge in [-0.25, -0.2) is 4.79 Å². The number of nitrogens with zero attached hydrogens (tertiary/aromatic N) is 4. The van der Waals surface area contributed by atoms with Crippen molar-refractivity contribution in [2.45, 2.75) is 24.8 Å². The Hall–Kier alpha value is -1.83. The third-order valence-corrected chi connectivity index (χ3v) is 3.15. The fourth-order valence-corrected chi connectivity index (χ4v) is 2.26. The Morgan fingerprint density at radius 1 is 1.53 bits per heavy atom. The number of aromatic nitrogens is 4. The van der Waals surface area contributed by atoms with E-state index in [1.165, 1.54) is 11.8 Å². The quantitative estimate of drug-likeness (QED) is 0.608. The molecule has 102 valence electrons. The molecule has 0 aliphatic heterocycles. The van der Waals surface area contributed by atoms with E-state index in [1.807, 2.05) is 20.0 Å². The molecule has 0 unspecified atom stereocenters. The maximum absolute atomic E-state index is 11.3. The summed E-state index contributed by atoms with van der Waals surface area (Å²) in [7, 11) is 1.88. The fraction of sp³-hybridized carbons (Fsp3) is 0.455. The third-order valence-electron chi connectivity index (χ3n) is 2.30. The summed E-state index contributed by atoms with van der Waals surface area (Å²) in [6, 6.07) is 1.98. The molecule has 2 rings (SSSR count). The lowest BCUT2D eigenvalue weighted by atomic mass is 10.4. The van der Waals surface area contributed by atoms with Crippen LogP contribution in [0.5, 0.6) is 0 Å². The zero-order chi connectivity index (χ0) is 13.8. The predicted molar refractivity (Wildman–Crippen MR) is 67.8 cm³/mol. The molecular formula is C11H14N4O3S. The summed E-state index contributed by atoms with van der Waals surface area (Å²) in [5, 5.41) is 12.0. The highest BCUT2D eigenvalue weighted by Crippen LogP contribution is 2.21. The first-order valence-corrected chi connectivity index (χ1v) is 6.71. The first-order valence-electron chi connectivity index (χ1n) is 5.73. The van der Waals surface area contributed by atoms with Crippen LogP contribution in [0.25, 0.3) is 0 Å². The molecule has 0 spiro atoms. The molecule has 0 atom stereocenters. The molecule has 0 amide bonds. The van der Waals surface area contributed by atoms with Crippen molar-refractivity contribution >= 4 is 17.7 Å². The molecule has 0 radical (unpaired) electrons. The molecule has 0 fully saturated rings. The van der Waals surface area contributed by atoms with E-state index in [1.54, 1.807) is 11.6 Å². The Balaban J connectivity index is 1.97. The van der Waals surface area contributed by atoms with E-state index in [9.17, 15) is 4.79 Å². The largest absolute Gasteiger partial charge is 0.459 e. The Labute approximate surface area is 114 Å². The van der Waals surface area contributed by atoms with Crippen molar-refractivity contribution in [3.05, 3.63) is 23.3 Å². The second-order valence-corrected chi connectivity index (χ2v) is 4.71. The first-order chi connectivity index (χ1) is 9.10. The molecule has 19 heavy (non-hydrogen) atoms. The van der Waals surface area contributed by atoms with E-state index in [0.29, 0.717) is 11.0 Å². The van der Waals surface area contributed by atoms with Gasteiger partial charge >= 0.3 is 11.9 Å². The van der Waals surface area contributed by atoms with Gasteiger partial charge in [0.1, 0.15) is 0 Å². The van der Waals surface area contributed by atoms with Crippen molar-refractivity contribution in [3.63, 3.8) is 0 Å². The van der Waals surface area contributed by atoms with E-state index < -0.39 is 5.97 Å². The van der Waals surface area contributed by atoms with Crippen LogP contribution in [0.2, 0.25) is 0 Å². The van der Waals surface area contributed by atoms with Crippen LogP contribution >= 0.6 is 11.8 Å². The van der Waals surface area contributed by atoms with Gasteiger partial charge in [0.05, 0.1) is 12.3 Å². The van der Waals surface area contributed by atoms with Crippen LogP contribution in [-0.2, 0) is 17.5 Å². The maximum atomic E-state index is 11.3. The fourth-order valence-electron chi connectivity index (χ4n) is 1.48. The maximum Gasteiger partial charge on any atom is 0.396 e. The number of carbonyl (C=O) groups is 1. The zero-order valence-electron chi connectivity index (χ0n) is 10.9. The summed E-state index contributed by atoms with van der Waals surface area (Å²) in [4.78, 5) is 11.3. The summed E-state index contributed by atoms with van der Waals surface area (Å²) in [5.74, 6) is -0.0781. The van der Waals surface area contributed by atoms with Gasteiger partial charge in [-0.2, -0.15) is 5.10 Å². The van der Waals surface area contributed by atoms with Gasteiger partial charge in [-0.15, -0.1) is 5.10 Å². The number of hydrogen-bond donors (Lipinski definition) is 0. The van der Waals surface area contributed by atoms with Crippen molar-refractivity contribution in [2.24, 2.45) is 7.05 Å². The molecule has 0 saturated carbocycles. The normalized spacial score (nSPS) is 10.7. The van der Waals surface area contributed by atoms with Gasteiger partial charge in [0.15, 0.2) is 0 Å². The Morgan fingerprint density at radius 2 is 2.32 bits per heavy atom. The van der Waals surface area contributed by atoms with Gasteiger partial charge in [-0.05, 0) is 19.9 Å². The monoisotopic (exact) mass is 282 g/mol. The van der Waals surface area contributed by atoms with Gasteiger partial charge in [0, 0.05) is 18.5 Å². The minimum Gasteiger partial charge on any atom is -0.459 e. The zero-order valence-corrected chi connectivity index (χ0v) is 11.7. The van der Waals surface area contributed by atoms with Crippen molar-refractivity contribution < 1.29 is 13.9 Å². The Kier molecular flexibility index (Phi) is 4.20. The lowest BCUT2D eigenvalue weighted by Gasteiger charge is -1.98. The molecule has 2 aromatic heterocycles. The van der Waals surface area contributed by atoms with Crippen molar-refractivity contribution in [3.8, 4) is 0 Å². The lowest BCUT2D eigenvalue weighted by molar-refractivity contribution is 0.0475. The molecule has 8 heteroatoms. The van der Waals surface area contributed by atoms with Crippen LogP contribution < -0.4 is 0 Å². The molecule has 0 aliphatic carbocycles. The lowest BCUT2D eigenvalue weighted by Crippen LogP contribution is -2.04. The highest BCUT2D eigenvalue weighted by Gasteiger charge is 2.16. The molecule has 2 heterocycles. The second kappa shape index (κ2) is 5.87. The number of thioether (sulfide) groups is 1. The van der Waals surface area contributed by atoms with Crippen LogP contribution in [-0.4, -0.2) is 32.6 Å². The van der Waals surface area contributed by atoms with Crippen molar-refractivity contribution in [1.82, 2.24) is 20.0 Å². The molecule has 0 bridgehead atoms. The van der Waals surface area contributed by atoms with Crippen molar-refractivity contribution in [1.29, 1.82) is 0 Å². The van der Waals surface area contributed by atoms with Crippen LogP contribution in [0.3, 0.4) is 0 Å². The Morgan fingerprint density at radius 3 is 2.95 bits per heavy atom. The highest BCUT2D eigenvalue weighted by molar-refractivity contribution is 7.98. The Bertz CT molecular complexity index is 578. The van der Waals surface area contributed by atoms with E-state index in [0.717, 1.165) is 11.4 Å². The van der Waals surface area contributed by atoms with E-state index >= 15 is 0 Å². The average Bonchev–Trinajstić information content (AvgIpc) is 2.94. The highest BCUT2D eigenvalue weighted by atomic mass is 32.2. The number of ether oxygens (including phenoxy) is 1. The van der Waals surface area contributed by atoms with Crippen LogP contribution in [0.1, 0.15) is 29.0 Å². The van der Waals surface area contributed by atoms with Gasteiger partial charge in [0.2, 0.25) is 0 Å². The smallest absolute Gasteiger partial charge is 0.396 e. The minimum absolute atomic E-state index is 0.120. The van der Waals surface area contributed by atoms with Gasteiger partial charge in [-0.3, -0.25) is 4.68 Å². The van der Waals surface area contributed by atoms with E-state index in [4.69, 9.17) is 9.15 Å². The van der Waals surface area contributed by atoms with Gasteiger partial charge in [-0.1, -0.05) is 16.9 Å². The molecule has 0 aromatic carbocycles. The summed E-state index contributed by atoms with van der Waals surface area (Å²) in [6.07, 6.45) is 0. The second-order valence-electron chi connectivity index (χ2n) is 3.78. The SMILES string of the molecule is CCOC(=O)c1nnc(SCc2cc(C)nn2C)o1. The van der Waals surface area contributed by atoms with E-state index in [-0.39, 0.29) is 12.5 Å².